The van der Waals surface area contributed by atoms with Crippen molar-refractivity contribution in [3.05, 3.63) is 63.6 Å². The summed E-state index contributed by atoms with van der Waals surface area (Å²) in [4.78, 5) is 52.1. The van der Waals surface area contributed by atoms with E-state index in [1.54, 1.807) is 11.9 Å². The minimum atomic E-state index is -0.710. The summed E-state index contributed by atoms with van der Waals surface area (Å²) in [6.45, 7) is 5.75. The summed E-state index contributed by atoms with van der Waals surface area (Å²) in [6.07, 6.45) is 1.47. The number of nitrogens with zero attached hydrogens (tertiary/aromatic N) is 3. The number of benzene rings is 1. The van der Waals surface area contributed by atoms with Crippen LogP contribution in [0.15, 0.2) is 41.3 Å². The number of pyridine rings is 1. The van der Waals surface area contributed by atoms with Crippen LogP contribution in [0.25, 0.3) is 0 Å². The number of amides is 2. The summed E-state index contributed by atoms with van der Waals surface area (Å²) in [5, 5.41) is 2.97. The molecule has 0 saturated carbocycles. The Bertz CT molecular complexity index is 1050. The summed E-state index contributed by atoms with van der Waals surface area (Å²) < 4.78 is 6.40. The Balaban J connectivity index is 1.43. The second-order valence-electron chi connectivity index (χ2n) is 7.91. The lowest BCUT2D eigenvalue weighted by Gasteiger charge is -2.34. The van der Waals surface area contributed by atoms with Gasteiger partial charge in [-0.05, 0) is 31.0 Å². The fraction of sp³-hybridized carbons (Fsp3) is 0.391. The van der Waals surface area contributed by atoms with Crippen molar-refractivity contribution in [1.82, 2.24) is 14.4 Å². The van der Waals surface area contributed by atoms with E-state index >= 15 is 0 Å². The molecule has 1 aliphatic heterocycles. The SMILES string of the molecule is Cc1cccc(C)c1NC(=O)CN1CCN(C(=O)COC(=O)c2ccn(C)c(=O)c2)CC1. The van der Waals surface area contributed by atoms with Crippen molar-refractivity contribution in [1.29, 1.82) is 0 Å². The largest absolute Gasteiger partial charge is 0.452 e. The lowest BCUT2D eigenvalue weighted by Crippen LogP contribution is -2.51. The molecule has 1 aliphatic rings. The fourth-order valence-corrected chi connectivity index (χ4v) is 3.53. The van der Waals surface area contributed by atoms with Gasteiger partial charge in [0.2, 0.25) is 5.91 Å². The van der Waals surface area contributed by atoms with Crippen LogP contribution in [-0.4, -0.2) is 71.5 Å². The van der Waals surface area contributed by atoms with Crippen LogP contribution in [0.2, 0.25) is 0 Å². The maximum Gasteiger partial charge on any atom is 0.338 e. The van der Waals surface area contributed by atoms with Gasteiger partial charge in [0.05, 0.1) is 12.1 Å². The molecule has 0 unspecified atom stereocenters. The molecule has 1 N–H and O–H groups in total. The average Bonchev–Trinajstić information content (AvgIpc) is 2.77. The number of aromatic nitrogens is 1. The van der Waals surface area contributed by atoms with E-state index in [1.165, 1.54) is 22.9 Å². The highest BCUT2D eigenvalue weighted by molar-refractivity contribution is 5.94. The van der Waals surface area contributed by atoms with E-state index in [0.29, 0.717) is 26.2 Å². The summed E-state index contributed by atoms with van der Waals surface area (Å²) in [5.74, 6) is -1.11. The standard InChI is InChI=1S/C23H28N4O5/c1-16-5-4-6-17(2)22(16)24-19(28)14-26-9-11-27(12-10-26)21(30)15-32-23(31)18-7-8-25(3)20(29)13-18/h4-8,13H,9-12,14-15H2,1-3H3,(H,24,28). The number of anilines is 1. The topological polar surface area (TPSA) is 101 Å². The maximum atomic E-state index is 12.4. The molecule has 0 bridgehead atoms. The zero-order chi connectivity index (χ0) is 23.3. The van der Waals surface area contributed by atoms with Gasteiger partial charge in [-0.2, -0.15) is 0 Å². The van der Waals surface area contributed by atoms with Crippen molar-refractivity contribution in [2.24, 2.45) is 7.05 Å². The summed E-state index contributed by atoms with van der Waals surface area (Å²) in [7, 11) is 1.58. The predicted octanol–water partition coefficient (Wildman–Crippen LogP) is 0.942. The molecule has 0 atom stereocenters. The molecule has 1 fully saturated rings. The number of ether oxygens (including phenoxy) is 1. The lowest BCUT2D eigenvalue weighted by atomic mass is 10.1. The van der Waals surface area contributed by atoms with E-state index in [4.69, 9.17) is 4.74 Å². The monoisotopic (exact) mass is 440 g/mol. The van der Waals surface area contributed by atoms with Crippen molar-refractivity contribution in [3.63, 3.8) is 0 Å². The van der Waals surface area contributed by atoms with Crippen LogP contribution in [-0.2, 0) is 21.4 Å². The normalized spacial score (nSPS) is 14.2. The molecule has 32 heavy (non-hydrogen) atoms. The molecule has 2 amide bonds. The Labute approximate surface area is 186 Å². The van der Waals surface area contributed by atoms with E-state index < -0.39 is 5.97 Å². The summed E-state index contributed by atoms with van der Waals surface area (Å²) in [6, 6.07) is 8.51. The van der Waals surface area contributed by atoms with Gasteiger partial charge in [0.1, 0.15) is 0 Å². The van der Waals surface area contributed by atoms with E-state index in [0.717, 1.165) is 16.8 Å². The number of aryl methyl sites for hydroxylation is 3. The van der Waals surface area contributed by atoms with Crippen LogP contribution >= 0.6 is 0 Å². The first-order chi connectivity index (χ1) is 15.2. The second-order valence-corrected chi connectivity index (χ2v) is 7.91. The van der Waals surface area contributed by atoms with Crippen LogP contribution in [0.3, 0.4) is 0 Å². The minimum absolute atomic E-state index is 0.0925. The molecule has 0 radical (unpaired) electrons. The van der Waals surface area contributed by atoms with Gasteiger partial charge in [0.15, 0.2) is 6.61 Å². The highest BCUT2D eigenvalue weighted by atomic mass is 16.5. The Morgan fingerprint density at radius 2 is 1.69 bits per heavy atom. The highest BCUT2D eigenvalue weighted by Gasteiger charge is 2.23. The zero-order valence-electron chi connectivity index (χ0n) is 18.6. The molecule has 170 valence electrons. The van der Waals surface area contributed by atoms with Crippen LogP contribution in [0.1, 0.15) is 21.5 Å². The van der Waals surface area contributed by atoms with Crippen molar-refractivity contribution >= 4 is 23.5 Å². The molecule has 0 aliphatic carbocycles. The van der Waals surface area contributed by atoms with Crippen molar-refractivity contribution < 1.29 is 19.1 Å². The first-order valence-corrected chi connectivity index (χ1v) is 10.4. The number of hydrogen-bond donors (Lipinski definition) is 1. The molecular weight excluding hydrogens is 412 g/mol. The first kappa shape index (κ1) is 23.2. The van der Waals surface area contributed by atoms with E-state index in [1.807, 2.05) is 36.9 Å². The zero-order valence-corrected chi connectivity index (χ0v) is 18.6. The van der Waals surface area contributed by atoms with Gasteiger partial charge in [-0.15, -0.1) is 0 Å². The van der Waals surface area contributed by atoms with E-state index in [-0.39, 0.29) is 36.1 Å². The Morgan fingerprint density at radius 3 is 2.31 bits per heavy atom. The van der Waals surface area contributed by atoms with Crippen LogP contribution in [0.4, 0.5) is 5.69 Å². The lowest BCUT2D eigenvalue weighted by molar-refractivity contribution is -0.136. The third kappa shape index (κ3) is 5.82. The fourth-order valence-electron chi connectivity index (χ4n) is 3.53. The molecule has 1 saturated heterocycles. The Hall–Kier alpha value is -3.46. The minimum Gasteiger partial charge on any atom is -0.452 e. The predicted molar refractivity (Wildman–Crippen MR) is 120 cm³/mol. The van der Waals surface area contributed by atoms with Crippen molar-refractivity contribution in [2.75, 3.05) is 44.6 Å². The molecular formula is C23H28N4O5. The molecule has 2 aromatic rings. The van der Waals surface area contributed by atoms with Gasteiger partial charge in [0.25, 0.3) is 11.5 Å². The van der Waals surface area contributed by atoms with Crippen molar-refractivity contribution in [3.8, 4) is 0 Å². The number of carbonyl (C=O) groups excluding carboxylic acids is 3. The summed E-state index contributed by atoms with van der Waals surface area (Å²) in [5.41, 5.74) is 2.65. The number of hydrogen-bond acceptors (Lipinski definition) is 6. The second kappa shape index (κ2) is 10.2. The van der Waals surface area contributed by atoms with Gasteiger partial charge < -0.3 is 19.5 Å². The van der Waals surface area contributed by atoms with Gasteiger partial charge in [0, 0.05) is 51.2 Å². The van der Waals surface area contributed by atoms with Crippen LogP contribution in [0.5, 0.6) is 0 Å². The smallest absolute Gasteiger partial charge is 0.338 e. The average molecular weight is 441 g/mol. The molecule has 2 heterocycles. The van der Waals surface area contributed by atoms with E-state index in [2.05, 4.69) is 5.32 Å². The molecule has 1 aromatic carbocycles. The first-order valence-electron chi connectivity index (χ1n) is 10.4. The number of para-hydroxylation sites is 1. The third-order valence-electron chi connectivity index (χ3n) is 5.50. The van der Waals surface area contributed by atoms with Gasteiger partial charge in [-0.25, -0.2) is 4.79 Å². The van der Waals surface area contributed by atoms with Crippen LogP contribution in [0, 0.1) is 13.8 Å². The third-order valence-corrected chi connectivity index (χ3v) is 5.50. The number of carbonyl (C=O) groups is 3. The van der Waals surface area contributed by atoms with Gasteiger partial charge >= 0.3 is 5.97 Å². The summed E-state index contributed by atoms with van der Waals surface area (Å²) >= 11 is 0. The maximum absolute atomic E-state index is 12.4. The molecule has 0 spiro atoms. The highest BCUT2D eigenvalue weighted by Crippen LogP contribution is 2.19. The number of esters is 1. The molecule has 1 aromatic heterocycles. The quantitative estimate of drug-likeness (QED) is 0.671. The van der Waals surface area contributed by atoms with Gasteiger partial charge in [-0.3, -0.25) is 19.3 Å². The van der Waals surface area contributed by atoms with Crippen LogP contribution < -0.4 is 10.9 Å². The number of rotatable bonds is 6. The van der Waals surface area contributed by atoms with Gasteiger partial charge in [-0.1, -0.05) is 18.2 Å². The Kier molecular flexibility index (Phi) is 7.42. The van der Waals surface area contributed by atoms with E-state index in [9.17, 15) is 19.2 Å². The molecule has 9 nitrogen and oxygen atoms in total. The molecule has 3 rings (SSSR count). The Morgan fingerprint density at radius 1 is 1.03 bits per heavy atom. The number of piperazine rings is 1. The number of nitrogens with one attached hydrogen (secondary N) is 1. The molecule has 9 heteroatoms. The van der Waals surface area contributed by atoms with Crippen molar-refractivity contribution in [2.45, 2.75) is 13.8 Å².